The van der Waals surface area contributed by atoms with E-state index in [1.54, 1.807) is 4.90 Å². The maximum absolute atomic E-state index is 14.0. The Morgan fingerprint density at radius 1 is 1.03 bits per heavy atom. The minimum atomic E-state index is -2.92. The Bertz CT molecular complexity index is 936. The van der Waals surface area contributed by atoms with E-state index in [9.17, 15) is 22.8 Å². The molecule has 2 atom stereocenters. The van der Waals surface area contributed by atoms with E-state index in [-0.39, 0.29) is 42.0 Å². The molecule has 2 aromatic rings. The molecule has 2 fully saturated rings. The smallest absolute Gasteiger partial charge is 0.410 e. The van der Waals surface area contributed by atoms with Crippen LogP contribution in [-0.4, -0.2) is 28.9 Å². The summed E-state index contributed by atoms with van der Waals surface area (Å²) in [5.41, 5.74) is 0.301. The van der Waals surface area contributed by atoms with E-state index >= 15 is 0 Å². The summed E-state index contributed by atoms with van der Waals surface area (Å²) in [6, 6.07) is 12.3. The lowest BCUT2D eigenvalue weighted by Gasteiger charge is -2.47. The maximum atomic E-state index is 14.0. The number of hydrogen-bond donors (Lipinski definition) is 0. The van der Waals surface area contributed by atoms with Crippen LogP contribution in [0, 0.1) is 11.7 Å². The molecule has 0 saturated carbocycles. The van der Waals surface area contributed by atoms with E-state index in [4.69, 9.17) is 4.74 Å². The molecule has 0 aromatic heterocycles. The first-order valence-electron chi connectivity index (χ1n) is 10.5. The zero-order valence-electron chi connectivity index (χ0n) is 17.0. The Hall–Kier alpha value is -2.83. The fourth-order valence-corrected chi connectivity index (χ4v) is 4.78. The van der Waals surface area contributed by atoms with Crippen molar-refractivity contribution in [1.82, 2.24) is 4.90 Å². The second-order valence-corrected chi connectivity index (χ2v) is 8.26. The summed E-state index contributed by atoms with van der Waals surface area (Å²) < 4.78 is 45.0. The Morgan fingerprint density at radius 2 is 1.71 bits per heavy atom. The van der Waals surface area contributed by atoms with Crippen LogP contribution in [0.2, 0.25) is 0 Å². The molecule has 2 aliphatic heterocycles. The van der Waals surface area contributed by atoms with Gasteiger partial charge >= 0.3 is 6.09 Å². The van der Waals surface area contributed by atoms with Crippen molar-refractivity contribution in [3.63, 3.8) is 0 Å². The normalized spacial score (nSPS) is 23.0. The molecule has 0 N–H and O–H groups in total. The first kappa shape index (κ1) is 21.4. The molecular weight excluding hydrogens is 407 g/mol. The summed E-state index contributed by atoms with van der Waals surface area (Å²) in [7, 11) is 0. The largest absolute Gasteiger partial charge is 0.445 e. The van der Waals surface area contributed by atoms with Gasteiger partial charge in [-0.25, -0.2) is 18.0 Å². The molecule has 2 aliphatic rings. The van der Waals surface area contributed by atoms with Gasteiger partial charge in [0.2, 0.25) is 0 Å². The molecule has 0 spiro atoms. The fraction of sp³-hybridized carbons (Fsp3) is 0.417. The standard InChI is InChI=1S/C24H24F3NO3/c25-21-13-16(9-10-20(21)23(26)27)22(29)17-11-18-7-4-8-19(12-17)28(18)24(30)31-14-15-5-2-1-3-6-15/h1-3,5-6,9-10,13,17-19,23H,4,7-8,11-12,14H2. The van der Waals surface area contributed by atoms with Crippen LogP contribution < -0.4 is 0 Å². The van der Waals surface area contributed by atoms with Gasteiger partial charge in [0.25, 0.3) is 6.43 Å². The van der Waals surface area contributed by atoms with Gasteiger partial charge in [-0.05, 0) is 49.8 Å². The van der Waals surface area contributed by atoms with E-state index in [0.29, 0.717) is 12.8 Å². The number of hydrogen-bond acceptors (Lipinski definition) is 3. The number of carbonyl (C=O) groups excluding carboxylic acids is 2. The summed E-state index contributed by atoms with van der Waals surface area (Å²) in [6.07, 6.45) is 0.155. The molecule has 2 saturated heterocycles. The minimum absolute atomic E-state index is 0.102. The van der Waals surface area contributed by atoms with E-state index in [2.05, 4.69) is 0 Å². The molecule has 0 aliphatic carbocycles. The molecule has 2 aromatic carbocycles. The molecular formula is C24H24F3NO3. The third-order valence-electron chi connectivity index (χ3n) is 6.28. The number of carbonyl (C=O) groups is 2. The van der Waals surface area contributed by atoms with Crippen molar-refractivity contribution >= 4 is 11.9 Å². The predicted octanol–water partition coefficient (Wildman–Crippen LogP) is 5.92. The summed E-state index contributed by atoms with van der Waals surface area (Å²) in [5.74, 6) is -1.69. The lowest BCUT2D eigenvalue weighted by molar-refractivity contribution is 0.00472. The Labute approximate surface area is 179 Å². The van der Waals surface area contributed by atoms with Crippen LogP contribution in [0.3, 0.4) is 0 Å². The van der Waals surface area contributed by atoms with Crippen LogP contribution in [0.15, 0.2) is 48.5 Å². The molecule has 2 bridgehead atoms. The number of fused-ring (bicyclic) bond motifs is 2. The number of ketones is 1. The number of amides is 1. The minimum Gasteiger partial charge on any atom is -0.445 e. The average Bonchev–Trinajstić information content (AvgIpc) is 2.76. The van der Waals surface area contributed by atoms with Crippen LogP contribution in [0.4, 0.5) is 18.0 Å². The van der Waals surface area contributed by atoms with Crippen LogP contribution in [-0.2, 0) is 11.3 Å². The van der Waals surface area contributed by atoms with Crippen LogP contribution >= 0.6 is 0 Å². The molecule has 1 amide bonds. The third kappa shape index (κ3) is 4.60. The van der Waals surface area contributed by atoms with Crippen molar-refractivity contribution in [2.75, 3.05) is 0 Å². The molecule has 4 nitrogen and oxygen atoms in total. The number of benzene rings is 2. The summed E-state index contributed by atoms with van der Waals surface area (Å²) >= 11 is 0. The number of piperidine rings is 2. The molecule has 2 heterocycles. The Kier molecular flexibility index (Phi) is 6.30. The first-order chi connectivity index (χ1) is 14.9. The number of rotatable bonds is 5. The Morgan fingerprint density at radius 3 is 2.32 bits per heavy atom. The highest BCUT2D eigenvalue weighted by molar-refractivity contribution is 5.98. The summed E-state index contributed by atoms with van der Waals surface area (Å²) in [5, 5.41) is 0. The highest BCUT2D eigenvalue weighted by Gasteiger charge is 2.43. The van der Waals surface area contributed by atoms with Crippen LogP contribution in [0.1, 0.15) is 60.0 Å². The summed E-state index contributed by atoms with van der Waals surface area (Å²) in [6.45, 7) is 0.188. The van der Waals surface area contributed by atoms with Gasteiger partial charge in [-0.3, -0.25) is 4.79 Å². The van der Waals surface area contributed by atoms with Gasteiger partial charge in [0.05, 0.1) is 5.56 Å². The van der Waals surface area contributed by atoms with Gasteiger partial charge in [0.15, 0.2) is 5.78 Å². The molecule has 164 valence electrons. The Balaban J connectivity index is 1.43. The van der Waals surface area contributed by atoms with E-state index in [0.717, 1.165) is 37.0 Å². The van der Waals surface area contributed by atoms with E-state index in [1.165, 1.54) is 6.07 Å². The van der Waals surface area contributed by atoms with Gasteiger partial charge in [0.1, 0.15) is 12.4 Å². The molecule has 7 heteroatoms. The topological polar surface area (TPSA) is 46.6 Å². The van der Waals surface area contributed by atoms with Crippen LogP contribution in [0.25, 0.3) is 0 Å². The van der Waals surface area contributed by atoms with Crippen molar-refractivity contribution in [1.29, 1.82) is 0 Å². The highest BCUT2D eigenvalue weighted by atomic mass is 19.3. The zero-order chi connectivity index (χ0) is 22.0. The predicted molar refractivity (Wildman–Crippen MR) is 108 cm³/mol. The average molecular weight is 431 g/mol. The number of halogens is 3. The van der Waals surface area contributed by atoms with Crippen molar-refractivity contribution in [3.05, 3.63) is 71.0 Å². The third-order valence-corrected chi connectivity index (χ3v) is 6.28. The van der Waals surface area contributed by atoms with Gasteiger partial charge in [-0.1, -0.05) is 36.4 Å². The highest BCUT2D eigenvalue weighted by Crippen LogP contribution is 2.39. The van der Waals surface area contributed by atoms with E-state index in [1.807, 2.05) is 30.3 Å². The lowest BCUT2D eigenvalue weighted by atomic mass is 9.76. The molecule has 0 radical (unpaired) electrons. The van der Waals surface area contributed by atoms with E-state index < -0.39 is 17.8 Å². The van der Waals surface area contributed by atoms with Gasteiger partial charge < -0.3 is 9.64 Å². The maximum Gasteiger partial charge on any atom is 0.410 e. The van der Waals surface area contributed by atoms with Gasteiger partial charge in [-0.15, -0.1) is 0 Å². The quantitative estimate of drug-likeness (QED) is 0.553. The molecule has 4 rings (SSSR count). The number of ether oxygens (including phenoxy) is 1. The zero-order valence-corrected chi connectivity index (χ0v) is 17.0. The summed E-state index contributed by atoms with van der Waals surface area (Å²) in [4.78, 5) is 27.5. The molecule has 31 heavy (non-hydrogen) atoms. The van der Waals surface area contributed by atoms with Crippen LogP contribution in [0.5, 0.6) is 0 Å². The SMILES string of the molecule is O=C(c1ccc(C(F)F)c(F)c1)C1CC2CCCC(C1)N2C(=O)OCc1ccccc1. The second kappa shape index (κ2) is 9.12. The first-order valence-corrected chi connectivity index (χ1v) is 10.5. The lowest BCUT2D eigenvalue weighted by Crippen LogP contribution is -2.55. The monoisotopic (exact) mass is 431 g/mol. The van der Waals surface area contributed by atoms with Gasteiger partial charge in [0, 0.05) is 23.6 Å². The van der Waals surface area contributed by atoms with Crippen molar-refractivity contribution in [2.45, 2.75) is 57.2 Å². The number of alkyl halides is 2. The van der Waals surface area contributed by atoms with Crippen molar-refractivity contribution < 1.29 is 27.5 Å². The van der Waals surface area contributed by atoms with Gasteiger partial charge in [-0.2, -0.15) is 0 Å². The van der Waals surface area contributed by atoms with Crippen molar-refractivity contribution in [3.8, 4) is 0 Å². The number of nitrogens with zero attached hydrogens (tertiary/aromatic N) is 1. The number of Topliss-reactive ketones (excluding diaryl/α,β-unsaturated/α-hetero) is 1. The fourth-order valence-electron chi connectivity index (χ4n) is 4.78. The van der Waals surface area contributed by atoms with Crippen molar-refractivity contribution in [2.24, 2.45) is 5.92 Å². The molecule has 2 unspecified atom stereocenters. The second-order valence-electron chi connectivity index (χ2n) is 8.26.